The van der Waals surface area contributed by atoms with Gasteiger partial charge in [0.25, 0.3) is 0 Å². The van der Waals surface area contributed by atoms with Crippen molar-refractivity contribution in [3.8, 4) is 0 Å². The van der Waals surface area contributed by atoms with Gasteiger partial charge in [0.15, 0.2) is 5.97 Å². The Morgan fingerprint density at radius 2 is 1.80 bits per heavy atom. The molecular weight excluding hydrogens is 181 g/mol. The van der Waals surface area contributed by atoms with E-state index in [9.17, 15) is 4.79 Å². The second-order valence-electron chi connectivity index (χ2n) is 1.40. The Balaban J connectivity index is -0.000000107. The molecule has 54 valence electrons. The van der Waals surface area contributed by atoms with E-state index < -0.39 is 5.97 Å². The molecule has 0 aliphatic rings. The zero-order chi connectivity index (χ0) is 7.86. The molecule has 10 heavy (non-hydrogen) atoms. The van der Waals surface area contributed by atoms with Gasteiger partial charge in [0.1, 0.15) is 0 Å². The monoisotopic (exact) mass is 191 g/mol. The third-order valence-corrected chi connectivity index (χ3v) is 0.337. The van der Waals surface area contributed by atoms with Gasteiger partial charge in [-0.25, -0.2) is 0 Å². The van der Waals surface area contributed by atoms with Crippen LogP contribution in [-0.2, 0) is 24.3 Å². The van der Waals surface area contributed by atoms with Crippen molar-refractivity contribution in [1.29, 1.82) is 0 Å². The third kappa shape index (κ3) is 25.6. The van der Waals surface area contributed by atoms with Gasteiger partial charge in [0, 0.05) is 19.5 Å². The summed E-state index contributed by atoms with van der Waals surface area (Å²) in [5, 5.41) is 7.83. The molecule has 3 heteroatoms. The van der Waals surface area contributed by atoms with Crippen molar-refractivity contribution < 1.29 is 29.4 Å². The van der Waals surface area contributed by atoms with Crippen LogP contribution in [0.5, 0.6) is 0 Å². The minimum atomic E-state index is -1.05. The van der Waals surface area contributed by atoms with Crippen molar-refractivity contribution in [3.63, 3.8) is 0 Å². The first-order valence-corrected chi connectivity index (χ1v) is 2.45. The molecule has 2 nitrogen and oxygen atoms in total. The van der Waals surface area contributed by atoms with E-state index in [1.807, 2.05) is 6.92 Å². The molecule has 0 aromatic rings. The molecule has 0 radical (unpaired) electrons. The molecular formula is C7H11O2Zn-. The number of aliphatic carboxylic acids is 1. The SMILES string of the molecule is C=CC.[CH-]=C(C)C(=O)O.[Zn]. The summed E-state index contributed by atoms with van der Waals surface area (Å²) in [7, 11) is 0. The van der Waals surface area contributed by atoms with Crippen molar-refractivity contribution in [3.05, 3.63) is 24.8 Å². The van der Waals surface area contributed by atoms with Crippen LogP contribution in [-0.4, -0.2) is 11.1 Å². The van der Waals surface area contributed by atoms with Crippen LogP contribution in [0.2, 0.25) is 0 Å². The number of allylic oxidation sites excluding steroid dienone is 1. The van der Waals surface area contributed by atoms with E-state index in [1.54, 1.807) is 6.08 Å². The first-order chi connectivity index (χ1) is 4.06. The molecule has 0 saturated carbocycles. The normalized spacial score (nSPS) is 5.80. The van der Waals surface area contributed by atoms with E-state index in [4.69, 9.17) is 11.7 Å². The first kappa shape index (κ1) is 16.3. The summed E-state index contributed by atoms with van der Waals surface area (Å²) in [5.74, 6) is -1.05. The second kappa shape index (κ2) is 11.4. The number of carboxylic acid groups (broad SMARTS) is 1. The average molecular weight is 193 g/mol. The predicted molar refractivity (Wildman–Crippen MR) is 37.0 cm³/mol. The number of carbonyl (C=O) groups is 1. The molecule has 0 atom stereocenters. The van der Waals surface area contributed by atoms with Crippen LogP contribution < -0.4 is 0 Å². The van der Waals surface area contributed by atoms with Crippen LogP contribution in [0.4, 0.5) is 0 Å². The summed E-state index contributed by atoms with van der Waals surface area (Å²) < 4.78 is 0. The average Bonchev–Trinajstić information content (AvgIpc) is 1.68. The van der Waals surface area contributed by atoms with E-state index in [2.05, 4.69) is 6.58 Å². The van der Waals surface area contributed by atoms with Crippen LogP contribution in [0.1, 0.15) is 13.8 Å². The zero-order valence-corrected chi connectivity index (χ0v) is 9.39. The van der Waals surface area contributed by atoms with Crippen molar-refractivity contribution in [2.24, 2.45) is 0 Å². The Morgan fingerprint density at radius 3 is 1.80 bits per heavy atom. The molecule has 0 aliphatic carbocycles. The summed E-state index contributed by atoms with van der Waals surface area (Å²) in [6, 6.07) is 0. The molecule has 0 rings (SSSR count). The molecule has 0 aliphatic heterocycles. The van der Waals surface area contributed by atoms with Crippen LogP contribution in [0.3, 0.4) is 0 Å². The quantitative estimate of drug-likeness (QED) is 0.297. The van der Waals surface area contributed by atoms with E-state index in [0.29, 0.717) is 0 Å². The van der Waals surface area contributed by atoms with E-state index in [-0.39, 0.29) is 25.1 Å². The van der Waals surface area contributed by atoms with Crippen molar-refractivity contribution in [2.75, 3.05) is 0 Å². The predicted octanol–water partition coefficient (Wildman–Crippen LogP) is 1.64. The number of hydrogen-bond donors (Lipinski definition) is 1. The molecule has 1 N–H and O–H groups in total. The maximum Gasteiger partial charge on any atom is 0.168 e. The summed E-state index contributed by atoms with van der Waals surface area (Å²) in [6.07, 6.45) is 1.75. The van der Waals surface area contributed by atoms with Gasteiger partial charge in [0.05, 0.1) is 0 Å². The minimum absolute atomic E-state index is 0. The Labute approximate surface area is 74.4 Å². The number of rotatable bonds is 1. The molecule has 0 bridgehead atoms. The Kier molecular flexibility index (Phi) is 18.5. The summed E-state index contributed by atoms with van der Waals surface area (Å²) >= 11 is 0. The van der Waals surface area contributed by atoms with Gasteiger partial charge >= 0.3 is 0 Å². The molecule has 0 aromatic carbocycles. The zero-order valence-electron chi connectivity index (χ0n) is 6.42. The van der Waals surface area contributed by atoms with Gasteiger partial charge in [-0.1, -0.05) is 13.0 Å². The summed E-state index contributed by atoms with van der Waals surface area (Å²) in [5.41, 5.74) is -0.0741. The van der Waals surface area contributed by atoms with Gasteiger partial charge in [-0.15, -0.1) is 12.2 Å². The van der Waals surface area contributed by atoms with E-state index in [1.165, 1.54) is 6.92 Å². The van der Waals surface area contributed by atoms with Crippen molar-refractivity contribution in [2.45, 2.75) is 13.8 Å². The molecule has 0 unspecified atom stereocenters. The molecule has 0 fully saturated rings. The molecule has 0 amide bonds. The Hall–Kier alpha value is -0.427. The summed E-state index contributed by atoms with van der Waals surface area (Å²) in [6.45, 7) is 11.3. The third-order valence-electron chi connectivity index (χ3n) is 0.337. The number of carboxylic acids is 1. The molecule has 0 saturated heterocycles. The fraction of sp³-hybridized carbons (Fsp3) is 0.286. The van der Waals surface area contributed by atoms with E-state index in [0.717, 1.165) is 0 Å². The smallest absolute Gasteiger partial charge is 0.168 e. The van der Waals surface area contributed by atoms with Crippen LogP contribution >= 0.6 is 0 Å². The first-order valence-electron chi connectivity index (χ1n) is 2.45. The fourth-order valence-corrected chi connectivity index (χ4v) is 0. The summed E-state index contributed by atoms with van der Waals surface area (Å²) in [4.78, 5) is 9.54. The maximum atomic E-state index is 9.54. The molecule has 0 heterocycles. The van der Waals surface area contributed by atoms with Crippen molar-refractivity contribution in [1.82, 2.24) is 0 Å². The maximum absolute atomic E-state index is 9.54. The Bertz CT molecular complexity index is 107. The van der Waals surface area contributed by atoms with Gasteiger partial charge in [-0.2, -0.15) is 0 Å². The van der Waals surface area contributed by atoms with Gasteiger partial charge in [-0.05, 0) is 6.92 Å². The molecule has 0 aromatic heterocycles. The topological polar surface area (TPSA) is 37.3 Å². The van der Waals surface area contributed by atoms with Crippen LogP contribution in [0.15, 0.2) is 18.2 Å². The van der Waals surface area contributed by atoms with Crippen LogP contribution in [0, 0.1) is 6.58 Å². The standard InChI is InChI=1S/C4H5O2.C3H6.Zn/c1-3(2)4(5)6;1-3-2;/h1H,2H3,(H,5,6);3H,1H2,2H3;/q-1;;. The van der Waals surface area contributed by atoms with Gasteiger partial charge < -0.3 is 9.90 Å². The minimum Gasteiger partial charge on any atom is -0.562 e. The molecule has 0 spiro atoms. The van der Waals surface area contributed by atoms with E-state index >= 15 is 0 Å². The van der Waals surface area contributed by atoms with Gasteiger partial charge in [-0.3, -0.25) is 6.58 Å². The van der Waals surface area contributed by atoms with Gasteiger partial charge in [0.2, 0.25) is 0 Å². The van der Waals surface area contributed by atoms with Crippen molar-refractivity contribution >= 4 is 5.97 Å². The Morgan fingerprint density at radius 1 is 1.70 bits per heavy atom. The second-order valence-corrected chi connectivity index (χ2v) is 1.40. The fourth-order valence-electron chi connectivity index (χ4n) is 0. The largest absolute Gasteiger partial charge is 0.562 e. The van der Waals surface area contributed by atoms with Crippen LogP contribution in [0.25, 0.3) is 0 Å². The number of hydrogen-bond acceptors (Lipinski definition) is 1.